The number of carboxylic acid groups (broad SMARTS) is 1. The highest BCUT2D eigenvalue weighted by Gasteiger charge is 2.30. The average Bonchev–Trinajstić information content (AvgIpc) is 2.44. The van der Waals surface area contributed by atoms with Crippen molar-refractivity contribution in [2.75, 3.05) is 5.32 Å². The molecule has 1 aliphatic rings. The Hall–Kier alpha value is -2.29. The molecule has 1 saturated carbocycles. The number of hydrogen-bond acceptors (Lipinski definition) is 2. The summed E-state index contributed by atoms with van der Waals surface area (Å²) >= 11 is 0. The van der Waals surface area contributed by atoms with Crippen LogP contribution >= 0.6 is 0 Å². The largest absolute Gasteiger partial charge is 0.478 e. The number of aromatic carboxylic acids is 1. The molecule has 2 aromatic carbocycles. The van der Waals surface area contributed by atoms with Crippen LogP contribution in [0.25, 0.3) is 0 Å². The van der Waals surface area contributed by atoms with Gasteiger partial charge in [0.05, 0.1) is 5.56 Å². The van der Waals surface area contributed by atoms with Crippen LogP contribution in [0.1, 0.15) is 40.2 Å². The van der Waals surface area contributed by atoms with E-state index in [2.05, 4.69) is 29.6 Å². The van der Waals surface area contributed by atoms with Gasteiger partial charge >= 0.3 is 5.97 Å². The smallest absolute Gasteiger partial charge is 0.336 e. The fourth-order valence-corrected chi connectivity index (χ4v) is 2.98. The lowest BCUT2D eigenvalue weighted by molar-refractivity contribution is 0.0696. The minimum atomic E-state index is -0.869. The van der Waals surface area contributed by atoms with Crippen molar-refractivity contribution in [3.63, 3.8) is 0 Å². The molecule has 0 aromatic heterocycles. The molecule has 0 bridgehead atoms. The predicted octanol–water partition coefficient (Wildman–Crippen LogP) is 4.05. The first-order valence-corrected chi connectivity index (χ1v) is 7.29. The lowest BCUT2D eigenvalue weighted by atomic mass is 9.76. The van der Waals surface area contributed by atoms with Crippen molar-refractivity contribution in [2.45, 2.75) is 31.7 Å². The molecule has 1 fully saturated rings. The minimum Gasteiger partial charge on any atom is -0.478 e. The van der Waals surface area contributed by atoms with E-state index in [0.717, 1.165) is 24.1 Å². The van der Waals surface area contributed by atoms with Crippen molar-refractivity contribution in [3.8, 4) is 0 Å². The molecule has 3 rings (SSSR count). The van der Waals surface area contributed by atoms with Crippen LogP contribution in [-0.2, 0) is 0 Å². The number of anilines is 1. The van der Waals surface area contributed by atoms with Gasteiger partial charge in [-0.05, 0) is 48.9 Å². The summed E-state index contributed by atoms with van der Waals surface area (Å²) in [5.74, 6) is -0.251. The number of carbonyl (C=O) groups is 1. The Bertz CT molecular complexity index is 646. The third-order valence-electron chi connectivity index (χ3n) is 4.33. The Morgan fingerprint density at radius 2 is 1.81 bits per heavy atom. The second kappa shape index (κ2) is 5.60. The van der Waals surface area contributed by atoms with E-state index in [1.165, 1.54) is 5.56 Å². The maximum atomic E-state index is 11.2. The van der Waals surface area contributed by atoms with Gasteiger partial charge in [0.2, 0.25) is 0 Å². The molecule has 0 spiro atoms. The molecule has 3 nitrogen and oxygen atoms in total. The van der Waals surface area contributed by atoms with E-state index in [1.807, 2.05) is 19.1 Å². The zero-order valence-corrected chi connectivity index (χ0v) is 12.0. The van der Waals surface area contributed by atoms with Gasteiger partial charge in [0.15, 0.2) is 0 Å². The molecule has 0 atom stereocenters. The van der Waals surface area contributed by atoms with E-state index >= 15 is 0 Å². The molecule has 2 aromatic rings. The monoisotopic (exact) mass is 281 g/mol. The highest BCUT2D eigenvalue weighted by molar-refractivity contribution is 5.91. The topological polar surface area (TPSA) is 49.3 Å². The summed E-state index contributed by atoms with van der Waals surface area (Å²) in [6.45, 7) is 1.86. The van der Waals surface area contributed by atoms with Crippen molar-refractivity contribution in [1.82, 2.24) is 0 Å². The van der Waals surface area contributed by atoms with Crippen molar-refractivity contribution >= 4 is 11.7 Å². The third kappa shape index (κ3) is 2.77. The summed E-state index contributed by atoms with van der Waals surface area (Å²) in [5.41, 5.74) is 3.52. The number of nitrogens with one attached hydrogen (secondary N) is 1. The van der Waals surface area contributed by atoms with E-state index in [1.54, 1.807) is 12.1 Å². The van der Waals surface area contributed by atoms with Crippen LogP contribution in [0, 0.1) is 6.92 Å². The normalized spacial score (nSPS) is 20.6. The molecule has 3 heteroatoms. The van der Waals surface area contributed by atoms with Crippen LogP contribution in [0.5, 0.6) is 0 Å². The molecule has 0 heterocycles. The highest BCUT2D eigenvalue weighted by atomic mass is 16.4. The maximum absolute atomic E-state index is 11.2. The van der Waals surface area contributed by atoms with Gasteiger partial charge in [-0.15, -0.1) is 0 Å². The number of carboxylic acids is 1. The molecule has 0 unspecified atom stereocenters. The van der Waals surface area contributed by atoms with Gasteiger partial charge in [-0.2, -0.15) is 0 Å². The summed E-state index contributed by atoms with van der Waals surface area (Å²) in [7, 11) is 0. The number of hydrogen-bond donors (Lipinski definition) is 2. The average molecular weight is 281 g/mol. The minimum absolute atomic E-state index is 0.374. The Morgan fingerprint density at radius 1 is 1.10 bits per heavy atom. The van der Waals surface area contributed by atoms with Crippen LogP contribution < -0.4 is 5.32 Å². The fraction of sp³-hybridized carbons (Fsp3) is 0.278. The zero-order chi connectivity index (χ0) is 14.8. The lowest BCUT2D eigenvalue weighted by Crippen LogP contribution is -2.34. The standard InChI is InChI=1S/C18H19NO2/c1-12-16(18(20)21)8-5-9-17(12)19-15-10-14(11-15)13-6-3-2-4-7-13/h2-9,14-15,19H,10-11H2,1H3,(H,20,21). The van der Waals surface area contributed by atoms with Crippen LogP contribution in [0.4, 0.5) is 5.69 Å². The van der Waals surface area contributed by atoms with Crippen LogP contribution in [0.3, 0.4) is 0 Å². The quantitative estimate of drug-likeness (QED) is 0.888. The first-order valence-electron chi connectivity index (χ1n) is 7.29. The van der Waals surface area contributed by atoms with E-state index in [-0.39, 0.29) is 0 Å². The lowest BCUT2D eigenvalue weighted by Gasteiger charge is -2.37. The van der Waals surface area contributed by atoms with Gasteiger partial charge in [-0.1, -0.05) is 36.4 Å². The van der Waals surface area contributed by atoms with Crippen molar-refractivity contribution < 1.29 is 9.90 Å². The van der Waals surface area contributed by atoms with Crippen molar-refractivity contribution in [1.29, 1.82) is 0 Å². The van der Waals surface area contributed by atoms with Gasteiger partial charge in [0.25, 0.3) is 0 Å². The van der Waals surface area contributed by atoms with E-state index in [4.69, 9.17) is 5.11 Å². The fourth-order valence-electron chi connectivity index (χ4n) is 2.98. The summed E-state index contributed by atoms with van der Waals surface area (Å²) in [6, 6.07) is 16.4. The van der Waals surface area contributed by atoms with Gasteiger partial charge in [0, 0.05) is 11.7 Å². The Labute approximate surface area is 124 Å². The molecule has 108 valence electrons. The Morgan fingerprint density at radius 3 is 2.48 bits per heavy atom. The molecular formula is C18H19NO2. The van der Waals surface area contributed by atoms with Crippen LogP contribution in [-0.4, -0.2) is 17.1 Å². The van der Waals surface area contributed by atoms with E-state index in [9.17, 15) is 4.79 Å². The van der Waals surface area contributed by atoms with Crippen molar-refractivity contribution in [3.05, 3.63) is 65.2 Å². The number of benzene rings is 2. The summed E-state index contributed by atoms with van der Waals surface area (Å²) in [5, 5.41) is 12.6. The van der Waals surface area contributed by atoms with Gasteiger partial charge < -0.3 is 10.4 Å². The van der Waals surface area contributed by atoms with Gasteiger partial charge in [-0.3, -0.25) is 0 Å². The molecule has 0 radical (unpaired) electrons. The van der Waals surface area contributed by atoms with Gasteiger partial charge in [-0.25, -0.2) is 4.79 Å². The molecular weight excluding hydrogens is 262 g/mol. The first-order chi connectivity index (χ1) is 10.1. The Balaban J connectivity index is 1.65. The molecule has 0 saturated heterocycles. The molecule has 21 heavy (non-hydrogen) atoms. The molecule has 2 N–H and O–H groups in total. The van der Waals surface area contributed by atoms with Crippen LogP contribution in [0.2, 0.25) is 0 Å². The SMILES string of the molecule is Cc1c(NC2CC(c3ccccc3)C2)cccc1C(=O)O. The number of rotatable bonds is 4. The van der Waals surface area contributed by atoms with Crippen molar-refractivity contribution in [2.24, 2.45) is 0 Å². The predicted molar refractivity (Wildman–Crippen MR) is 84.0 cm³/mol. The zero-order valence-electron chi connectivity index (χ0n) is 12.0. The highest BCUT2D eigenvalue weighted by Crippen LogP contribution is 2.38. The summed E-state index contributed by atoms with van der Waals surface area (Å²) in [6.07, 6.45) is 2.20. The van der Waals surface area contributed by atoms with E-state index in [0.29, 0.717) is 17.5 Å². The Kier molecular flexibility index (Phi) is 3.65. The molecule has 0 amide bonds. The van der Waals surface area contributed by atoms with Crippen LogP contribution in [0.15, 0.2) is 48.5 Å². The van der Waals surface area contributed by atoms with Gasteiger partial charge in [0.1, 0.15) is 0 Å². The second-order valence-corrected chi connectivity index (χ2v) is 5.70. The second-order valence-electron chi connectivity index (χ2n) is 5.70. The first kappa shape index (κ1) is 13.7. The summed E-state index contributed by atoms with van der Waals surface area (Å²) in [4.78, 5) is 11.2. The third-order valence-corrected chi connectivity index (χ3v) is 4.33. The summed E-state index contributed by atoms with van der Waals surface area (Å²) < 4.78 is 0. The molecule has 1 aliphatic carbocycles. The maximum Gasteiger partial charge on any atom is 0.336 e. The molecule has 0 aliphatic heterocycles. The van der Waals surface area contributed by atoms with E-state index < -0.39 is 5.97 Å².